The van der Waals surface area contributed by atoms with Crippen LogP contribution in [0.4, 0.5) is 0 Å². The van der Waals surface area contributed by atoms with E-state index in [9.17, 15) is 5.11 Å². The predicted octanol–water partition coefficient (Wildman–Crippen LogP) is 5.80. The molecule has 0 saturated heterocycles. The third-order valence-corrected chi connectivity index (χ3v) is 3.81. The van der Waals surface area contributed by atoms with Gasteiger partial charge in [-0.1, -0.05) is 64.6 Å². The second kappa shape index (κ2) is 5.45. The average Bonchev–Trinajstić information content (AvgIpc) is 2.40. The zero-order chi connectivity index (χ0) is 13.3. The topological polar surface area (TPSA) is 29.5 Å². The smallest absolute Gasteiger partial charge is 0.167 e. The SMILES string of the molecule is Oc1c(Cl)c(Cl)c(Oc2ccccc2)c(Cl)c1Cl. The fourth-order valence-corrected chi connectivity index (χ4v) is 2.20. The first kappa shape index (κ1) is 13.6. The van der Waals surface area contributed by atoms with Crippen molar-refractivity contribution in [2.45, 2.75) is 0 Å². The van der Waals surface area contributed by atoms with Crippen LogP contribution in [0, 0.1) is 0 Å². The van der Waals surface area contributed by atoms with Crippen molar-refractivity contribution in [3.63, 3.8) is 0 Å². The molecular weight excluding hydrogens is 318 g/mol. The summed E-state index contributed by atoms with van der Waals surface area (Å²) in [7, 11) is 0. The number of hydrogen-bond acceptors (Lipinski definition) is 2. The maximum atomic E-state index is 9.57. The molecule has 0 aliphatic rings. The van der Waals surface area contributed by atoms with Crippen molar-refractivity contribution in [3.8, 4) is 17.2 Å². The quantitative estimate of drug-likeness (QED) is 0.708. The third-order valence-electron chi connectivity index (χ3n) is 2.16. The lowest BCUT2D eigenvalue weighted by Gasteiger charge is -2.13. The van der Waals surface area contributed by atoms with Gasteiger partial charge in [-0.3, -0.25) is 0 Å². The van der Waals surface area contributed by atoms with E-state index in [0.717, 1.165) is 0 Å². The van der Waals surface area contributed by atoms with Crippen LogP contribution in [-0.4, -0.2) is 5.11 Å². The molecule has 0 bridgehead atoms. The fraction of sp³-hybridized carbons (Fsp3) is 0. The summed E-state index contributed by atoms with van der Waals surface area (Å²) >= 11 is 23.6. The van der Waals surface area contributed by atoms with Crippen molar-refractivity contribution in [3.05, 3.63) is 50.4 Å². The highest BCUT2D eigenvalue weighted by atomic mass is 35.5. The van der Waals surface area contributed by atoms with Gasteiger partial charge in [0.25, 0.3) is 0 Å². The number of ether oxygens (including phenoxy) is 1. The molecule has 18 heavy (non-hydrogen) atoms. The molecule has 0 amide bonds. The van der Waals surface area contributed by atoms with Gasteiger partial charge in [0, 0.05) is 0 Å². The van der Waals surface area contributed by atoms with Crippen LogP contribution in [0.2, 0.25) is 20.1 Å². The molecule has 1 N–H and O–H groups in total. The van der Waals surface area contributed by atoms with E-state index in [2.05, 4.69) is 0 Å². The number of hydrogen-bond donors (Lipinski definition) is 1. The third kappa shape index (κ3) is 2.47. The molecule has 0 aromatic heterocycles. The molecule has 0 spiro atoms. The van der Waals surface area contributed by atoms with Crippen LogP contribution in [0.25, 0.3) is 0 Å². The average molecular weight is 324 g/mol. The van der Waals surface area contributed by atoms with Crippen LogP contribution < -0.4 is 4.74 Å². The summed E-state index contributed by atoms with van der Waals surface area (Å²) in [6.45, 7) is 0. The largest absolute Gasteiger partial charge is 0.505 e. The lowest BCUT2D eigenvalue weighted by atomic mass is 10.3. The summed E-state index contributed by atoms with van der Waals surface area (Å²) in [5.74, 6) is 0.269. The van der Waals surface area contributed by atoms with Gasteiger partial charge in [0.05, 0.1) is 0 Å². The van der Waals surface area contributed by atoms with E-state index in [4.69, 9.17) is 51.1 Å². The number of para-hydroxylation sites is 1. The van der Waals surface area contributed by atoms with Crippen molar-refractivity contribution in [2.24, 2.45) is 0 Å². The lowest BCUT2D eigenvalue weighted by Crippen LogP contribution is -1.89. The van der Waals surface area contributed by atoms with Crippen molar-refractivity contribution >= 4 is 46.4 Å². The normalized spacial score (nSPS) is 10.4. The van der Waals surface area contributed by atoms with Gasteiger partial charge in [-0.2, -0.15) is 0 Å². The number of halogens is 4. The number of benzene rings is 2. The van der Waals surface area contributed by atoms with Gasteiger partial charge in [0.15, 0.2) is 11.5 Å². The van der Waals surface area contributed by atoms with Crippen molar-refractivity contribution in [1.82, 2.24) is 0 Å². The molecule has 2 aromatic carbocycles. The Bertz CT molecular complexity index is 555. The molecule has 2 nitrogen and oxygen atoms in total. The van der Waals surface area contributed by atoms with E-state index >= 15 is 0 Å². The van der Waals surface area contributed by atoms with E-state index in [1.165, 1.54) is 0 Å². The van der Waals surface area contributed by atoms with Crippen LogP contribution in [0.3, 0.4) is 0 Å². The molecule has 0 unspecified atom stereocenters. The lowest BCUT2D eigenvalue weighted by molar-refractivity contribution is 0.465. The second-order valence-corrected chi connectivity index (χ2v) is 4.86. The van der Waals surface area contributed by atoms with Crippen LogP contribution in [0.5, 0.6) is 17.2 Å². The zero-order valence-corrected chi connectivity index (χ0v) is 11.8. The molecule has 0 aliphatic carbocycles. The molecule has 2 aromatic rings. The maximum absolute atomic E-state index is 9.57. The van der Waals surface area contributed by atoms with Gasteiger partial charge in [-0.25, -0.2) is 0 Å². The number of phenols is 1. The van der Waals surface area contributed by atoms with Crippen molar-refractivity contribution < 1.29 is 9.84 Å². The molecule has 0 atom stereocenters. The first-order chi connectivity index (χ1) is 8.52. The first-order valence-corrected chi connectivity index (χ1v) is 6.31. The molecule has 0 aliphatic heterocycles. The molecule has 0 fully saturated rings. The van der Waals surface area contributed by atoms with E-state index < -0.39 is 0 Å². The summed E-state index contributed by atoms with van der Waals surface area (Å²) in [5.41, 5.74) is 0. The monoisotopic (exact) mass is 322 g/mol. The van der Waals surface area contributed by atoms with Gasteiger partial charge in [0.2, 0.25) is 0 Å². The van der Waals surface area contributed by atoms with E-state index in [-0.39, 0.29) is 31.6 Å². The predicted molar refractivity (Wildman–Crippen MR) is 74.7 cm³/mol. The Morgan fingerprint density at radius 2 is 1.28 bits per heavy atom. The van der Waals surface area contributed by atoms with Crippen LogP contribution >= 0.6 is 46.4 Å². The highest BCUT2D eigenvalue weighted by Gasteiger charge is 2.21. The van der Waals surface area contributed by atoms with Crippen LogP contribution in [0.1, 0.15) is 0 Å². The minimum absolute atomic E-state index is 0.00687. The summed E-state index contributed by atoms with van der Waals surface area (Å²) in [5, 5.41) is 9.38. The first-order valence-electron chi connectivity index (χ1n) is 4.80. The summed E-state index contributed by atoms with van der Waals surface area (Å²) < 4.78 is 5.51. The maximum Gasteiger partial charge on any atom is 0.167 e. The van der Waals surface area contributed by atoms with Gasteiger partial charge < -0.3 is 9.84 Å². The molecule has 0 radical (unpaired) electrons. The van der Waals surface area contributed by atoms with Crippen molar-refractivity contribution in [2.75, 3.05) is 0 Å². The summed E-state index contributed by atoms with van der Waals surface area (Å²) in [4.78, 5) is 0. The molecule has 0 heterocycles. The standard InChI is InChI=1S/C12H6Cl4O2/c13-7-9(15)12(10(16)8(14)11(7)17)18-6-4-2-1-3-5-6/h1-5,17H. The fourth-order valence-electron chi connectivity index (χ4n) is 1.30. The number of aromatic hydroxyl groups is 1. The molecule has 2 rings (SSSR count). The highest BCUT2D eigenvalue weighted by molar-refractivity contribution is 6.50. The van der Waals surface area contributed by atoms with Gasteiger partial charge >= 0.3 is 0 Å². The molecule has 94 valence electrons. The zero-order valence-electron chi connectivity index (χ0n) is 8.75. The minimum atomic E-state index is -0.367. The van der Waals surface area contributed by atoms with Gasteiger partial charge in [-0.05, 0) is 12.1 Å². The molecular formula is C12H6Cl4O2. The molecule has 6 heteroatoms. The van der Waals surface area contributed by atoms with E-state index in [0.29, 0.717) is 5.75 Å². The van der Waals surface area contributed by atoms with Crippen LogP contribution in [-0.2, 0) is 0 Å². The summed E-state index contributed by atoms with van der Waals surface area (Å²) in [6, 6.07) is 8.87. The van der Waals surface area contributed by atoms with Gasteiger partial charge in [0.1, 0.15) is 25.8 Å². The Labute approximate surface area is 124 Å². The summed E-state index contributed by atoms with van der Waals surface area (Å²) in [6.07, 6.45) is 0. The Morgan fingerprint density at radius 3 is 1.78 bits per heavy atom. The Kier molecular flexibility index (Phi) is 4.13. The Hall–Kier alpha value is -0.800. The highest BCUT2D eigenvalue weighted by Crippen LogP contribution is 2.50. The molecule has 0 saturated carbocycles. The van der Waals surface area contributed by atoms with Crippen molar-refractivity contribution in [1.29, 1.82) is 0 Å². The van der Waals surface area contributed by atoms with Gasteiger partial charge in [-0.15, -0.1) is 0 Å². The van der Waals surface area contributed by atoms with E-state index in [1.807, 2.05) is 6.07 Å². The second-order valence-electron chi connectivity index (χ2n) is 3.35. The Morgan fingerprint density at radius 1 is 0.778 bits per heavy atom. The number of phenolic OH excluding ortho intramolecular Hbond substituents is 1. The number of rotatable bonds is 2. The Balaban J connectivity index is 2.52. The minimum Gasteiger partial charge on any atom is -0.505 e. The van der Waals surface area contributed by atoms with E-state index in [1.54, 1.807) is 24.3 Å². The van der Waals surface area contributed by atoms with Crippen LogP contribution in [0.15, 0.2) is 30.3 Å².